The van der Waals surface area contributed by atoms with Gasteiger partial charge in [0.15, 0.2) is 0 Å². The fraction of sp³-hybridized carbons (Fsp3) is 0.355. The number of carbonyl (C=O) groups excluding carboxylic acids is 1. The number of anilines is 1. The molecule has 0 unspecified atom stereocenters. The molecule has 40 heavy (non-hydrogen) atoms. The third-order valence-electron chi connectivity index (χ3n) is 6.65. The van der Waals surface area contributed by atoms with Crippen molar-refractivity contribution in [2.24, 2.45) is 0 Å². The summed E-state index contributed by atoms with van der Waals surface area (Å²) in [5, 5.41) is 10.1. The summed E-state index contributed by atoms with van der Waals surface area (Å²) >= 11 is 0. The van der Waals surface area contributed by atoms with E-state index < -0.39 is 12.1 Å². The van der Waals surface area contributed by atoms with Crippen LogP contribution in [0, 0.1) is 6.92 Å². The van der Waals surface area contributed by atoms with Crippen molar-refractivity contribution >= 4 is 17.6 Å². The number of halogens is 3. The summed E-state index contributed by atoms with van der Waals surface area (Å²) in [4.78, 5) is 26.6. The number of alkyl halides is 3. The summed E-state index contributed by atoms with van der Waals surface area (Å²) in [7, 11) is 0. The van der Waals surface area contributed by atoms with E-state index in [4.69, 9.17) is 9.90 Å². The van der Waals surface area contributed by atoms with Crippen LogP contribution in [0.3, 0.4) is 0 Å². The molecule has 0 radical (unpaired) electrons. The first-order chi connectivity index (χ1) is 19.0. The van der Waals surface area contributed by atoms with Gasteiger partial charge in [0.2, 0.25) is 0 Å². The topological polar surface area (TPSA) is 72.9 Å². The van der Waals surface area contributed by atoms with E-state index >= 15 is 0 Å². The van der Waals surface area contributed by atoms with Crippen molar-refractivity contribution in [1.29, 1.82) is 0 Å². The quantitative estimate of drug-likeness (QED) is 0.366. The second-order valence-corrected chi connectivity index (χ2v) is 9.90. The molecule has 1 saturated heterocycles. The van der Waals surface area contributed by atoms with Gasteiger partial charge < -0.3 is 10.4 Å². The molecule has 0 bridgehead atoms. The Bertz CT molecular complexity index is 1250. The zero-order chi connectivity index (χ0) is 29.1. The number of amides is 1. The number of nitrogens with one attached hydrogen (secondary N) is 1. The van der Waals surface area contributed by atoms with E-state index in [0.29, 0.717) is 5.56 Å². The smallest absolute Gasteiger partial charge is 0.475 e. The number of carbonyl (C=O) groups is 2. The maximum atomic E-state index is 12.6. The maximum Gasteiger partial charge on any atom is 0.490 e. The summed E-state index contributed by atoms with van der Waals surface area (Å²) in [6.45, 7) is 10.7. The Morgan fingerprint density at radius 1 is 0.825 bits per heavy atom. The monoisotopic (exact) mass is 555 g/mol. The minimum atomic E-state index is -5.08. The molecule has 9 heteroatoms. The lowest BCUT2D eigenvalue weighted by atomic mass is 10.1. The van der Waals surface area contributed by atoms with Crippen molar-refractivity contribution in [3.8, 4) is 0 Å². The number of hydrogen-bond acceptors (Lipinski definition) is 4. The van der Waals surface area contributed by atoms with E-state index in [1.54, 1.807) is 0 Å². The lowest BCUT2D eigenvalue weighted by Gasteiger charge is -2.22. The van der Waals surface area contributed by atoms with Gasteiger partial charge in [0, 0.05) is 37.4 Å². The molecule has 0 spiro atoms. The van der Waals surface area contributed by atoms with Gasteiger partial charge in [-0.3, -0.25) is 14.6 Å². The highest BCUT2D eigenvalue weighted by molar-refractivity contribution is 6.04. The molecule has 0 aliphatic carbocycles. The van der Waals surface area contributed by atoms with E-state index in [2.05, 4.69) is 77.5 Å². The van der Waals surface area contributed by atoms with Crippen LogP contribution in [-0.2, 0) is 24.3 Å². The molecule has 4 rings (SSSR count). The number of nitrogens with zero attached hydrogens (tertiary/aromatic N) is 2. The maximum absolute atomic E-state index is 12.6. The van der Waals surface area contributed by atoms with Gasteiger partial charge in [-0.2, -0.15) is 13.2 Å². The third kappa shape index (κ3) is 10.1. The van der Waals surface area contributed by atoms with Gasteiger partial charge in [-0.1, -0.05) is 61.0 Å². The molecule has 3 aromatic rings. The molecule has 2 N–H and O–H groups in total. The number of benzene rings is 3. The molecule has 1 amide bonds. The summed E-state index contributed by atoms with van der Waals surface area (Å²) < 4.78 is 31.7. The van der Waals surface area contributed by atoms with Crippen molar-refractivity contribution in [3.63, 3.8) is 0 Å². The molecule has 0 atom stereocenters. The van der Waals surface area contributed by atoms with Gasteiger partial charge in [-0.05, 0) is 73.8 Å². The lowest BCUT2D eigenvalue weighted by Crippen LogP contribution is -2.30. The van der Waals surface area contributed by atoms with E-state index in [9.17, 15) is 18.0 Å². The summed E-state index contributed by atoms with van der Waals surface area (Å²) in [6, 6.07) is 24.9. The van der Waals surface area contributed by atoms with E-state index in [0.717, 1.165) is 51.4 Å². The number of aliphatic carboxylic acids is 1. The zero-order valence-electron chi connectivity index (χ0n) is 22.9. The van der Waals surface area contributed by atoms with Crippen molar-refractivity contribution in [2.45, 2.75) is 46.0 Å². The molecule has 3 aromatic carbocycles. The largest absolute Gasteiger partial charge is 0.490 e. The average molecular weight is 556 g/mol. The molecule has 1 heterocycles. The first-order valence-corrected chi connectivity index (χ1v) is 13.3. The number of rotatable bonds is 7. The van der Waals surface area contributed by atoms with Crippen molar-refractivity contribution < 1.29 is 27.9 Å². The summed E-state index contributed by atoms with van der Waals surface area (Å²) in [5.41, 5.74) is 6.78. The number of carboxylic acids is 1. The SMILES string of the molecule is CCc1ccc(NC(=O)c2ccc(CN3CCCN(Cc4cccc(C)c4)CC3)cc2)cc1.O=C(O)C(F)(F)F. The molecular weight excluding hydrogens is 519 g/mol. The second kappa shape index (κ2) is 14.6. The van der Waals surface area contributed by atoms with E-state index in [1.807, 2.05) is 24.3 Å². The highest BCUT2D eigenvalue weighted by atomic mass is 19.4. The van der Waals surface area contributed by atoms with Crippen LogP contribution in [-0.4, -0.2) is 59.1 Å². The highest BCUT2D eigenvalue weighted by Gasteiger charge is 2.38. The fourth-order valence-electron chi connectivity index (χ4n) is 4.46. The molecule has 6 nitrogen and oxygen atoms in total. The Balaban J connectivity index is 0.000000559. The lowest BCUT2D eigenvalue weighted by molar-refractivity contribution is -0.192. The fourth-order valence-corrected chi connectivity index (χ4v) is 4.46. The van der Waals surface area contributed by atoms with Crippen LogP contribution in [0.1, 0.15) is 46.0 Å². The van der Waals surface area contributed by atoms with Crippen LogP contribution in [0.5, 0.6) is 0 Å². The van der Waals surface area contributed by atoms with Gasteiger partial charge in [0.05, 0.1) is 0 Å². The number of carboxylic acid groups (broad SMARTS) is 1. The van der Waals surface area contributed by atoms with Gasteiger partial charge in [-0.15, -0.1) is 0 Å². The molecular formula is C31H36F3N3O3. The van der Waals surface area contributed by atoms with Crippen LogP contribution < -0.4 is 5.32 Å². The molecule has 0 saturated carbocycles. The zero-order valence-corrected chi connectivity index (χ0v) is 22.9. The molecule has 1 aliphatic rings. The van der Waals surface area contributed by atoms with Crippen LogP contribution >= 0.6 is 0 Å². The van der Waals surface area contributed by atoms with E-state index in [-0.39, 0.29) is 5.91 Å². The molecule has 0 aromatic heterocycles. The van der Waals surface area contributed by atoms with Crippen molar-refractivity contribution in [2.75, 3.05) is 31.5 Å². The second-order valence-electron chi connectivity index (χ2n) is 9.90. The predicted molar refractivity (Wildman–Crippen MR) is 150 cm³/mol. The summed E-state index contributed by atoms with van der Waals surface area (Å²) in [6.07, 6.45) is -2.90. The van der Waals surface area contributed by atoms with Crippen LogP contribution in [0.2, 0.25) is 0 Å². The van der Waals surface area contributed by atoms with Crippen LogP contribution in [0.25, 0.3) is 0 Å². The van der Waals surface area contributed by atoms with Gasteiger partial charge in [0.25, 0.3) is 5.91 Å². The van der Waals surface area contributed by atoms with Crippen molar-refractivity contribution in [3.05, 3.63) is 101 Å². The Morgan fingerprint density at radius 2 is 1.38 bits per heavy atom. The van der Waals surface area contributed by atoms with Gasteiger partial charge in [0.1, 0.15) is 0 Å². The van der Waals surface area contributed by atoms with Crippen LogP contribution in [0.4, 0.5) is 18.9 Å². The Kier molecular flexibility index (Phi) is 11.3. The third-order valence-corrected chi connectivity index (χ3v) is 6.65. The highest BCUT2D eigenvalue weighted by Crippen LogP contribution is 2.16. The van der Waals surface area contributed by atoms with E-state index in [1.165, 1.54) is 28.7 Å². The van der Waals surface area contributed by atoms with Crippen LogP contribution in [0.15, 0.2) is 72.8 Å². The molecule has 1 fully saturated rings. The Morgan fingerprint density at radius 3 is 1.90 bits per heavy atom. The predicted octanol–water partition coefficient (Wildman–Crippen LogP) is 6.15. The minimum absolute atomic E-state index is 0.0626. The normalized spacial score (nSPS) is 14.5. The minimum Gasteiger partial charge on any atom is -0.475 e. The first-order valence-electron chi connectivity index (χ1n) is 13.3. The Hall–Kier alpha value is -3.69. The standard InChI is InChI=1S/C29H35N3O.C2HF3O2/c1-3-24-10-14-28(15-11-24)30-29(33)27-12-8-25(9-13-27)21-31-16-5-17-32(19-18-31)22-26-7-4-6-23(2)20-26;3-2(4,5)1(6)7/h4,6-15,20H,3,5,16-19,21-22H2,1-2H3,(H,30,33);(H,6,7). The Labute approximate surface area is 233 Å². The van der Waals surface area contributed by atoms with Crippen molar-refractivity contribution in [1.82, 2.24) is 9.80 Å². The number of aryl methyl sites for hydroxylation is 2. The number of hydrogen-bond donors (Lipinski definition) is 2. The summed E-state index contributed by atoms with van der Waals surface area (Å²) in [5.74, 6) is -2.82. The van der Waals surface area contributed by atoms with Gasteiger partial charge in [-0.25, -0.2) is 4.79 Å². The van der Waals surface area contributed by atoms with Gasteiger partial charge >= 0.3 is 12.1 Å². The average Bonchev–Trinajstić information content (AvgIpc) is 3.14. The molecule has 1 aliphatic heterocycles. The molecule has 214 valence electrons. The first kappa shape index (κ1) is 30.8.